The number of carboxylic acid groups (broad SMARTS) is 1. The average Bonchev–Trinajstić information content (AvgIpc) is 3.53. The lowest BCUT2D eigenvalue weighted by Gasteiger charge is -2.32. The van der Waals surface area contributed by atoms with E-state index in [9.17, 15) is 41.1 Å². The average molecular weight is 701 g/mol. The van der Waals surface area contributed by atoms with Crippen LogP contribution in [-0.2, 0) is 25.7 Å². The van der Waals surface area contributed by atoms with Gasteiger partial charge in [0, 0.05) is 13.1 Å². The minimum atomic E-state index is -5.08. The van der Waals surface area contributed by atoms with Crippen molar-refractivity contribution in [1.29, 1.82) is 0 Å². The van der Waals surface area contributed by atoms with Gasteiger partial charge in [-0.25, -0.2) is 9.59 Å². The molecule has 1 heterocycles. The first-order chi connectivity index (χ1) is 22.8. The molecule has 4 N–H and O–H groups in total. The van der Waals surface area contributed by atoms with Gasteiger partial charge in [-0.05, 0) is 42.4 Å². The van der Waals surface area contributed by atoms with Gasteiger partial charge in [0.1, 0.15) is 17.8 Å². The number of nitrogens with zero attached hydrogens (tertiary/aromatic N) is 1. The molecule has 1 aliphatic heterocycles. The lowest BCUT2D eigenvalue weighted by atomic mass is 9.95. The Morgan fingerprint density at radius 2 is 1.39 bits per heavy atom. The normalized spacial score (nSPS) is 15.9. The van der Waals surface area contributed by atoms with Crippen LogP contribution in [-0.4, -0.2) is 83.0 Å². The van der Waals surface area contributed by atoms with Crippen LogP contribution in [0.3, 0.4) is 0 Å². The van der Waals surface area contributed by atoms with Crippen LogP contribution in [0.4, 0.5) is 26.7 Å². The van der Waals surface area contributed by atoms with Crippen LogP contribution >= 0.6 is 0 Å². The first-order valence-electron chi connectivity index (χ1n) is 15.5. The lowest BCUT2D eigenvalue weighted by Crippen LogP contribution is -2.59. The number of alkyl halides is 5. The second-order valence-corrected chi connectivity index (χ2v) is 11.9. The summed E-state index contributed by atoms with van der Waals surface area (Å²) in [5, 5.41) is 14.8. The number of aliphatic carboxylic acids is 1. The first kappa shape index (κ1) is 40.6. The zero-order valence-corrected chi connectivity index (χ0v) is 27.4. The van der Waals surface area contributed by atoms with Crippen LogP contribution in [0.25, 0.3) is 0 Å². The Kier molecular flexibility index (Phi) is 15.1. The molecule has 0 bridgehead atoms. The Labute approximate surface area is 280 Å². The number of carbonyl (C=O) groups excluding carboxylic acids is 4. The van der Waals surface area contributed by atoms with Crippen molar-refractivity contribution >= 4 is 29.7 Å². The SMILES string of the molecule is CC(C)[C@H](NC(=O)Oc1ccccc1)C(=O)N1CCC[C@H]1C(=O)N[C@H](C(=O)C(F)(F)CNCc1ccccc1)C(C)C.O=C(O)C(F)(F)F. The predicted molar refractivity (Wildman–Crippen MR) is 168 cm³/mol. The number of likely N-dealkylation sites (tertiary alicyclic amines) is 1. The van der Waals surface area contributed by atoms with E-state index in [1.807, 2.05) is 6.07 Å². The van der Waals surface area contributed by atoms with E-state index in [0.29, 0.717) is 18.6 Å². The molecule has 3 atom stereocenters. The third-order valence-corrected chi connectivity index (χ3v) is 7.37. The zero-order valence-electron chi connectivity index (χ0n) is 27.4. The van der Waals surface area contributed by atoms with Gasteiger partial charge in [-0.15, -0.1) is 0 Å². The highest BCUT2D eigenvalue weighted by Crippen LogP contribution is 2.24. The van der Waals surface area contributed by atoms with Crippen LogP contribution in [0.2, 0.25) is 0 Å². The molecule has 16 heteroatoms. The number of hydrogen-bond acceptors (Lipinski definition) is 7. The van der Waals surface area contributed by atoms with Crippen LogP contribution in [0.5, 0.6) is 5.75 Å². The number of para-hydroxylation sites is 1. The summed E-state index contributed by atoms with van der Waals surface area (Å²) in [6, 6.07) is 13.9. The molecule has 2 aromatic rings. The van der Waals surface area contributed by atoms with Crippen molar-refractivity contribution in [3.8, 4) is 5.75 Å². The van der Waals surface area contributed by atoms with Gasteiger partial charge in [-0.3, -0.25) is 14.4 Å². The van der Waals surface area contributed by atoms with E-state index < -0.39 is 72.3 Å². The van der Waals surface area contributed by atoms with Crippen LogP contribution in [0, 0.1) is 11.8 Å². The molecule has 3 amide bonds. The molecule has 0 unspecified atom stereocenters. The summed E-state index contributed by atoms with van der Waals surface area (Å²) >= 11 is 0. The van der Waals surface area contributed by atoms with Crippen molar-refractivity contribution in [3.05, 3.63) is 66.2 Å². The number of ketones is 1. The van der Waals surface area contributed by atoms with E-state index >= 15 is 0 Å². The van der Waals surface area contributed by atoms with Crippen LogP contribution in [0.1, 0.15) is 46.1 Å². The number of carboxylic acids is 1. The minimum Gasteiger partial charge on any atom is -0.475 e. The Hall–Kier alpha value is -4.60. The molecule has 0 radical (unpaired) electrons. The highest BCUT2D eigenvalue weighted by atomic mass is 19.4. The maximum Gasteiger partial charge on any atom is 0.490 e. The van der Waals surface area contributed by atoms with Gasteiger partial charge >= 0.3 is 24.2 Å². The molecule has 11 nitrogen and oxygen atoms in total. The summed E-state index contributed by atoms with van der Waals surface area (Å²) in [5.74, 6) is -9.71. The summed E-state index contributed by atoms with van der Waals surface area (Å²) in [7, 11) is 0. The number of Topliss-reactive ketones (excluding diaryl/α,β-unsaturated/α-hetero) is 1. The second-order valence-electron chi connectivity index (χ2n) is 11.9. The molecule has 49 heavy (non-hydrogen) atoms. The Morgan fingerprint density at radius 3 is 1.90 bits per heavy atom. The molecule has 2 aromatic carbocycles. The smallest absolute Gasteiger partial charge is 0.475 e. The fourth-order valence-electron chi connectivity index (χ4n) is 4.81. The highest BCUT2D eigenvalue weighted by molar-refractivity contribution is 5.97. The molecule has 270 valence electrons. The fourth-order valence-corrected chi connectivity index (χ4v) is 4.81. The van der Waals surface area contributed by atoms with Gasteiger partial charge in [0.2, 0.25) is 17.6 Å². The van der Waals surface area contributed by atoms with Gasteiger partial charge < -0.3 is 30.7 Å². The monoisotopic (exact) mass is 700 g/mol. The van der Waals surface area contributed by atoms with Gasteiger partial charge in [0.05, 0.1) is 12.6 Å². The Bertz CT molecular complexity index is 1410. The number of nitrogens with one attached hydrogen (secondary N) is 3. The molecule has 0 aliphatic carbocycles. The van der Waals surface area contributed by atoms with Crippen molar-refractivity contribution in [2.75, 3.05) is 13.1 Å². The van der Waals surface area contributed by atoms with Crippen molar-refractivity contribution in [1.82, 2.24) is 20.9 Å². The molecular weight excluding hydrogens is 659 g/mol. The number of hydrogen-bond donors (Lipinski definition) is 4. The third-order valence-electron chi connectivity index (χ3n) is 7.37. The molecule has 1 fully saturated rings. The molecule has 0 spiro atoms. The van der Waals surface area contributed by atoms with Gasteiger partial charge in [0.15, 0.2) is 0 Å². The van der Waals surface area contributed by atoms with Crippen molar-refractivity contribution in [2.24, 2.45) is 11.8 Å². The van der Waals surface area contributed by atoms with Gasteiger partial charge in [-0.2, -0.15) is 22.0 Å². The van der Waals surface area contributed by atoms with Gasteiger partial charge in [-0.1, -0.05) is 76.2 Å². The quantitative estimate of drug-likeness (QED) is 0.222. The number of benzene rings is 2. The van der Waals surface area contributed by atoms with E-state index in [1.165, 1.54) is 4.90 Å². The summed E-state index contributed by atoms with van der Waals surface area (Å²) in [5.41, 5.74) is 0.794. The second kappa shape index (κ2) is 18.2. The highest BCUT2D eigenvalue weighted by Gasteiger charge is 2.46. The van der Waals surface area contributed by atoms with E-state index in [2.05, 4.69) is 16.0 Å². The number of rotatable bonds is 13. The van der Waals surface area contributed by atoms with E-state index in [4.69, 9.17) is 14.6 Å². The van der Waals surface area contributed by atoms with Crippen LogP contribution < -0.4 is 20.7 Å². The van der Waals surface area contributed by atoms with E-state index in [-0.39, 0.29) is 19.0 Å². The molecule has 0 aromatic heterocycles. The van der Waals surface area contributed by atoms with Crippen molar-refractivity contribution < 1.29 is 55.8 Å². The topological polar surface area (TPSA) is 154 Å². The molecule has 0 saturated carbocycles. The minimum absolute atomic E-state index is 0.158. The zero-order chi connectivity index (χ0) is 36.9. The third kappa shape index (κ3) is 12.7. The summed E-state index contributed by atoms with van der Waals surface area (Å²) in [4.78, 5) is 62.5. The molecular formula is C33H41F5N4O7. The maximum atomic E-state index is 15.0. The molecule has 1 saturated heterocycles. The van der Waals surface area contributed by atoms with Crippen molar-refractivity contribution in [3.63, 3.8) is 0 Å². The summed E-state index contributed by atoms with van der Waals surface area (Å²) < 4.78 is 66.9. The summed E-state index contributed by atoms with van der Waals surface area (Å²) in [6.07, 6.45) is -5.10. The predicted octanol–water partition coefficient (Wildman–Crippen LogP) is 4.56. The number of amides is 3. The summed E-state index contributed by atoms with van der Waals surface area (Å²) in [6.45, 7) is 6.17. The van der Waals surface area contributed by atoms with E-state index in [1.54, 1.807) is 82.3 Å². The molecule has 3 rings (SSSR count). The van der Waals surface area contributed by atoms with Crippen LogP contribution in [0.15, 0.2) is 60.7 Å². The number of carbonyl (C=O) groups is 5. The molecule has 1 aliphatic rings. The largest absolute Gasteiger partial charge is 0.490 e. The lowest BCUT2D eigenvalue weighted by molar-refractivity contribution is -0.192. The number of halogens is 5. The van der Waals surface area contributed by atoms with Gasteiger partial charge in [0.25, 0.3) is 0 Å². The Morgan fingerprint density at radius 1 is 0.857 bits per heavy atom. The van der Waals surface area contributed by atoms with E-state index in [0.717, 1.165) is 5.56 Å². The number of ether oxygens (including phenoxy) is 1. The van der Waals surface area contributed by atoms with Crippen molar-refractivity contribution in [2.45, 2.75) is 77.3 Å². The Balaban J connectivity index is 0.00000107. The fraction of sp³-hybridized carbons (Fsp3) is 0.485. The maximum absolute atomic E-state index is 15.0. The standard InChI is InChI=1S/C31H40F2N4O5.C2HF3O2/c1-20(2)25(27(38)31(32,33)19-34-18-22-12-7-5-8-13-22)35-28(39)24-16-11-17-37(24)29(40)26(21(3)4)36-30(41)42-23-14-9-6-10-15-23;3-2(4,5)1(6)7/h5-10,12-15,20-21,24-26,34H,11,16-19H2,1-4H3,(H,35,39)(H,36,41);(H,6,7)/t24-,25-,26-;/m0./s1. The first-order valence-corrected chi connectivity index (χ1v) is 15.5.